The molecule has 2 atom stereocenters. The van der Waals surface area contributed by atoms with Crippen LogP contribution in [0, 0.1) is 0 Å². The maximum atomic E-state index is 11.8. The summed E-state index contributed by atoms with van der Waals surface area (Å²) in [4.78, 5) is 23.4. The Kier molecular flexibility index (Phi) is 28.9. The number of unbranched alkanes of at least 4 members (excludes halogenated alkanes) is 8. The van der Waals surface area contributed by atoms with Gasteiger partial charge < -0.3 is 23.4 Å². The smallest absolute Gasteiger partial charge is 0.262 e. The van der Waals surface area contributed by atoms with E-state index in [2.05, 4.69) is 55.4 Å². The number of hydrogen-bond donors (Lipinski definition) is 1. The Labute approximate surface area is 349 Å². The summed E-state index contributed by atoms with van der Waals surface area (Å²) in [5.74, 6) is -2.27. The molecule has 0 bridgehead atoms. The van der Waals surface area contributed by atoms with E-state index in [1.165, 1.54) is 164 Å². The van der Waals surface area contributed by atoms with Crippen molar-refractivity contribution in [2.45, 2.75) is 176 Å². The molecule has 14 heteroatoms. The Balaban J connectivity index is 0.000000843. The number of benzene rings is 1. The van der Waals surface area contributed by atoms with Gasteiger partial charge in [-0.2, -0.15) is 0 Å². The molecule has 334 valence electrons. The number of nitrogens with one attached hydrogen (secondary N) is 1. The molecule has 0 aliphatic carbocycles. The van der Waals surface area contributed by atoms with E-state index in [4.69, 9.17) is 0 Å². The number of nitrogens with zero attached hydrogens (tertiary/aromatic N) is 3. The van der Waals surface area contributed by atoms with Gasteiger partial charge in [-0.15, -0.1) is 0 Å². The molecule has 0 aromatic heterocycles. The van der Waals surface area contributed by atoms with Gasteiger partial charge in [0.25, 0.3) is 5.91 Å². The highest BCUT2D eigenvalue weighted by molar-refractivity contribution is 7.89. The maximum absolute atomic E-state index is 11.8. The van der Waals surface area contributed by atoms with Crippen LogP contribution in [0.25, 0.3) is 0 Å². The molecule has 1 fully saturated rings. The first-order chi connectivity index (χ1) is 27.0. The van der Waals surface area contributed by atoms with Crippen molar-refractivity contribution in [2.75, 3.05) is 52.4 Å². The molecule has 57 heavy (non-hydrogen) atoms. The Morgan fingerprint density at radius 1 is 0.579 bits per heavy atom. The maximum Gasteiger partial charge on any atom is 0.262 e. The van der Waals surface area contributed by atoms with Crippen LogP contribution in [0.4, 0.5) is 0 Å². The van der Waals surface area contributed by atoms with Crippen molar-refractivity contribution in [3.8, 4) is 0 Å². The molecule has 2 amide bonds. The molecule has 0 spiro atoms. The van der Waals surface area contributed by atoms with Crippen molar-refractivity contribution < 1.29 is 44.5 Å². The predicted octanol–water partition coefficient (Wildman–Crippen LogP) is 7.89. The first-order valence-corrected chi connectivity index (χ1v) is 25.1. The van der Waals surface area contributed by atoms with Crippen LogP contribution in [0.1, 0.15) is 164 Å². The molecular formula is C43H82N4O8S2. The summed E-state index contributed by atoms with van der Waals surface area (Å²) >= 11 is 0. The number of amides is 2. The molecule has 2 rings (SSSR count). The molecule has 1 saturated heterocycles. The molecule has 1 aromatic carbocycles. The van der Waals surface area contributed by atoms with E-state index < -0.39 is 48.0 Å². The zero-order valence-electron chi connectivity index (χ0n) is 37.1. The molecule has 1 aliphatic heterocycles. The second kappa shape index (κ2) is 30.0. The van der Waals surface area contributed by atoms with Crippen LogP contribution in [-0.4, -0.2) is 115 Å². The fourth-order valence-electron chi connectivity index (χ4n) is 7.39. The van der Waals surface area contributed by atoms with Crippen LogP contribution >= 0.6 is 0 Å². The third kappa shape index (κ3) is 21.6. The lowest BCUT2D eigenvalue weighted by Gasteiger charge is -2.47. The van der Waals surface area contributed by atoms with Crippen molar-refractivity contribution in [3.05, 3.63) is 35.9 Å². The average Bonchev–Trinajstić information content (AvgIpc) is 3.17. The average molecular weight is 847 g/mol. The largest absolute Gasteiger partial charge is 0.746 e. The molecule has 1 heterocycles. The van der Waals surface area contributed by atoms with E-state index in [1.54, 1.807) is 30.3 Å². The summed E-state index contributed by atoms with van der Waals surface area (Å²) in [5, 5.41) is -0.514. The van der Waals surface area contributed by atoms with Crippen molar-refractivity contribution in [1.29, 1.82) is 0 Å². The third-order valence-electron chi connectivity index (χ3n) is 10.9. The van der Waals surface area contributed by atoms with Crippen LogP contribution < -0.4 is 5.32 Å². The van der Waals surface area contributed by atoms with Crippen LogP contribution in [-0.2, 0) is 36.4 Å². The van der Waals surface area contributed by atoms with Crippen molar-refractivity contribution >= 4 is 32.2 Å². The molecule has 12 nitrogen and oxygen atoms in total. The number of rotatable bonds is 29. The lowest BCUT2D eigenvalue weighted by molar-refractivity contribution is -0.929. The summed E-state index contributed by atoms with van der Waals surface area (Å²) in [6, 6.07) is 6.28. The van der Waals surface area contributed by atoms with Gasteiger partial charge in [0.1, 0.15) is 16.2 Å². The van der Waals surface area contributed by atoms with Crippen LogP contribution in [0.5, 0.6) is 0 Å². The molecule has 1 aromatic rings. The highest BCUT2D eigenvalue weighted by Gasteiger charge is 2.55. The third-order valence-corrected chi connectivity index (χ3v) is 13.0. The molecular weight excluding hydrogens is 765 g/mol. The molecule has 0 unspecified atom stereocenters. The lowest BCUT2D eigenvalue weighted by Crippen LogP contribution is -2.74. The summed E-state index contributed by atoms with van der Waals surface area (Å²) < 4.78 is 68.0. The normalized spacial score (nSPS) is 15.9. The van der Waals surface area contributed by atoms with Gasteiger partial charge in [0, 0.05) is 0 Å². The Morgan fingerprint density at radius 2 is 0.877 bits per heavy atom. The summed E-state index contributed by atoms with van der Waals surface area (Å²) in [6.07, 6.45) is 21.9. The Bertz CT molecular complexity index is 1320. The summed E-state index contributed by atoms with van der Waals surface area (Å²) in [7, 11) is -10.8. The predicted molar refractivity (Wildman–Crippen MR) is 231 cm³/mol. The molecule has 1 N–H and O–H groups in total. The fraction of sp³-hybridized carbons (Fsp3) is 0.814. The van der Waals surface area contributed by atoms with Gasteiger partial charge >= 0.3 is 0 Å². The lowest BCUT2D eigenvalue weighted by atomic mass is 10.1. The quantitative estimate of drug-likeness (QED) is 0.0483. The molecule has 0 saturated carbocycles. The second-order valence-corrected chi connectivity index (χ2v) is 18.7. The molecule has 1 aliphatic rings. The van der Waals surface area contributed by atoms with E-state index in [0.717, 1.165) is 0 Å². The van der Waals surface area contributed by atoms with Gasteiger partial charge in [0.05, 0.1) is 58.8 Å². The van der Waals surface area contributed by atoms with Gasteiger partial charge in [-0.3, -0.25) is 9.59 Å². The van der Waals surface area contributed by atoms with Crippen molar-refractivity contribution in [3.63, 3.8) is 0 Å². The Morgan fingerprint density at radius 3 is 1.12 bits per heavy atom. The van der Waals surface area contributed by atoms with Gasteiger partial charge in [-0.25, -0.2) is 21.1 Å². The summed E-state index contributed by atoms with van der Waals surface area (Å²) in [6.45, 7) is 30.0. The van der Waals surface area contributed by atoms with Gasteiger partial charge in [0.2, 0.25) is 5.91 Å². The van der Waals surface area contributed by atoms with E-state index in [0.29, 0.717) is 5.56 Å². The minimum Gasteiger partial charge on any atom is -0.746 e. The highest BCUT2D eigenvalue weighted by Crippen LogP contribution is 2.27. The van der Waals surface area contributed by atoms with E-state index in [1.807, 2.05) is 5.32 Å². The SMILES string of the molecule is CCCC[N+](CCCC)(CCCC)CCCC.CCCC[N+](CCCC)(CCCC)CCCC.O=C(Cc1ccccc1)N[C@@H]1C(=O)N(S(=O)(=O)[O-])[C@@H]1S(=O)(=O)[O-]. The number of quaternary nitrogens is 2. The number of hydrogen-bond acceptors (Lipinski definition) is 8. The highest BCUT2D eigenvalue weighted by atomic mass is 32.2. The van der Waals surface area contributed by atoms with Crippen LogP contribution in [0.3, 0.4) is 0 Å². The topological polar surface area (TPSA) is 164 Å². The minimum atomic E-state index is -5.47. The van der Waals surface area contributed by atoms with Gasteiger partial charge in [0.15, 0.2) is 15.7 Å². The van der Waals surface area contributed by atoms with Gasteiger partial charge in [-0.1, -0.05) is 137 Å². The minimum absolute atomic E-state index is 0.222. The van der Waals surface area contributed by atoms with E-state index >= 15 is 0 Å². The first-order valence-electron chi connectivity index (χ1n) is 22.3. The van der Waals surface area contributed by atoms with E-state index in [-0.39, 0.29) is 6.42 Å². The molecule has 0 radical (unpaired) electrons. The Hall–Kier alpha value is -2.10. The van der Waals surface area contributed by atoms with Crippen LogP contribution in [0.15, 0.2) is 30.3 Å². The summed E-state index contributed by atoms with van der Waals surface area (Å²) in [5.41, 5.74) is 0.548. The monoisotopic (exact) mass is 847 g/mol. The van der Waals surface area contributed by atoms with Crippen LogP contribution in [0.2, 0.25) is 0 Å². The number of β-lactam (4-membered cyclic amide) rings is 1. The van der Waals surface area contributed by atoms with Crippen molar-refractivity contribution in [1.82, 2.24) is 9.62 Å². The fourth-order valence-corrected chi connectivity index (χ4v) is 9.59. The second-order valence-electron chi connectivity index (χ2n) is 16.0. The first kappa shape index (κ1) is 54.9. The number of carbonyl (C=O) groups is 2. The zero-order valence-corrected chi connectivity index (χ0v) is 38.8. The zero-order chi connectivity index (χ0) is 43.4. The number of carbonyl (C=O) groups excluding carboxylic acids is 2. The van der Waals surface area contributed by atoms with Gasteiger partial charge in [-0.05, 0) is 56.9 Å². The standard InChI is InChI=1S/2C16H36N.C11H12N2O8S2/c2*1-5-9-13-17(14-10-6-2,15-11-7-3)16-12-8-4;14-8(6-7-4-2-1-3-5-7)12-9-10(15)13(23(19,20)21)11(9)22(16,17)18/h2*5-16H2,1-4H3;1-5,9,11H,6H2,(H,12,14)(H,16,17,18)(H,19,20,21)/q2*+1;/p-2/t;;9-,11-/m..1/s1. The van der Waals surface area contributed by atoms with E-state index in [9.17, 15) is 35.5 Å². The van der Waals surface area contributed by atoms with Crippen molar-refractivity contribution in [2.24, 2.45) is 0 Å².